The van der Waals surface area contributed by atoms with E-state index in [0.717, 1.165) is 19.8 Å². The fraction of sp³-hybridized carbons (Fsp3) is 1.00. The first-order chi connectivity index (χ1) is 5.88. The van der Waals surface area contributed by atoms with Gasteiger partial charge in [0.15, 0.2) is 0 Å². The van der Waals surface area contributed by atoms with Crippen LogP contribution in [0.3, 0.4) is 0 Å². The lowest BCUT2D eigenvalue weighted by molar-refractivity contribution is -0.000283. The van der Waals surface area contributed by atoms with Crippen molar-refractivity contribution in [1.82, 2.24) is 15.3 Å². The van der Waals surface area contributed by atoms with Crippen molar-refractivity contribution in [2.24, 2.45) is 0 Å². The molecule has 1 saturated heterocycles. The van der Waals surface area contributed by atoms with Crippen molar-refractivity contribution in [3.63, 3.8) is 0 Å². The molecule has 0 bridgehead atoms. The van der Waals surface area contributed by atoms with Crippen LogP contribution in [0.25, 0.3) is 0 Å². The molecule has 0 amide bonds. The van der Waals surface area contributed by atoms with E-state index in [1.807, 2.05) is 0 Å². The Morgan fingerprint density at radius 2 is 2.25 bits per heavy atom. The van der Waals surface area contributed by atoms with E-state index in [1.54, 1.807) is 0 Å². The molecule has 1 aliphatic rings. The van der Waals surface area contributed by atoms with Crippen molar-refractivity contribution < 1.29 is 0 Å². The molecule has 3 nitrogen and oxygen atoms in total. The third-order valence-electron chi connectivity index (χ3n) is 2.38. The van der Waals surface area contributed by atoms with Crippen LogP contribution in [0.2, 0.25) is 0 Å². The van der Waals surface area contributed by atoms with Gasteiger partial charge in [-0.15, -0.1) is 0 Å². The van der Waals surface area contributed by atoms with Gasteiger partial charge in [-0.25, -0.2) is 10.0 Å². The van der Waals surface area contributed by atoms with Crippen LogP contribution in [0.5, 0.6) is 0 Å². The number of hydrogen-bond acceptors (Lipinski definition) is 3. The third-order valence-corrected chi connectivity index (χ3v) is 2.38. The molecule has 0 aromatic carbocycles. The summed E-state index contributed by atoms with van der Waals surface area (Å²) in [7, 11) is 0. The van der Waals surface area contributed by atoms with E-state index in [2.05, 4.69) is 29.2 Å². The van der Waals surface area contributed by atoms with E-state index in [4.69, 9.17) is 0 Å². The first-order valence-corrected chi connectivity index (χ1v) is 5.09. The predicted molar refractivity (Wildman–Crippen MR) is 51.7 cm³/mol. The third kappa shape index (κ3) is 2.73. The fourth-order valence-electron chi connectivity index (χ4n) is 1.58. The maximum atomic E-state index is 3.35. The first-order valence-electron chi connectivity index (χ1n) is 5.09. The Morgan fingerprint density at radius 1 is 1.42 bits per heavy atom. The molecule has 0 aromatic rings. The van der Waals surface area contributed by atoms with E-state index < -0.39 is 0 Å². The summed E-state index contributed by atoms with van der Waals surface area (Å²) in [5.74, 6) is 0. The largest absolute Gasteiger partial charge is 0.302 e. The second kappa shape index (κ2) is 5.51. The van der Waals surface area contributed by atoms with Crippen LogP contribution in [0, 0.1) is 0 Å². The van der Waals surface area contributed by atoms with Gasteiger partial charge in [0, 0.05) is 26.2 Å². The molecule has 1 aliphatic heterocycles. The summed E-state index contributed by atoms with van der Waals surface area (Å²) in [6, 6.07) is 0. The molecular weight excluding hydrogens is 150 g/mol. The van der Waals surface area contributed by atoms with E-state index in [9.17, 15) is 0 Å². The summed E-state index contributed by atoms with van der Waals surface area (Å²) in [5, 5.41) is 8.21. The van der Waals surface area contributed by atoms with Crippen LogP contribution in [0.15, 0.2) is 0 Å². The van der Waals surface area contributed by atoms with Crippen LogP contribution in [-0.4, -0.2) is 42.9 Å². The molecular formula is C9H21N3. The first kappa shape index (κ1) is 9.96. The average molecular weight is 171 g/mol. The Hall–Kier alpha value is -0.120. The molecule has 0 saturated carbocycles. The van der Waals surface area contributed by atoms with Crippen LogP contribution in [0.1, 0.15) is 26.7 Å². The Kier molecular flexibility index (Phi) is 4.58. The van der Waals surface area contributed by atoms with Gasteiger partial charge in [-0.05, 0) is 6.42 Å². The topological polar surface area (TPSA) is 18.5 Å². The zero-order valence-corrected chi connectivity index (χ0v) is 8.34. The number of hydrazine groups is 1. The quantitative estimate of drug-likeness (QED) is 0.662. The minimum Gasteiger partial charge on any atom is -0.302 e. The maximum absolute atomic E-state index is 3.35. The summed E-state index contributed by atoms with van der Waals surface area (Å²) < 4.78 is 0. The molecule has 12 heavy (non-hydrogen) atoms. The van der Waals surface area contributed by atoms with Gasteiger partial charge in [0.05, 0.1) is 6.67 Å². The molecule has 1 rings (SSSR count). The normalized spacial score (nSPS) is 19.2. The lowest BCUT2D eigenvalue weighted by Gasteiger charge is -2.29. The highest BCUT2D eigenvalue weighted by Crippen LogP contribution is 2.02. The van der Waals surface area contributed by atoms with Crippen LogP contribution in [-0.2, 0) is 0 Å². The van der Waals surface area contributed by atoms with Crippen molar-refractivity contribution >= 4 is 0 Å². The number of unbranched alkanes of at least 4 members (excludes halogenated alkanes) is 1. The van der Waals surface area contributed by atoms with Crippen molar-refractivity contribution in [1.29, 1.82) is 0 Å². The number of nitrogens with zero attached hydrogens (tertiary/aromatic N) is 2. The van der Waals surface area contributed by atoms with Gasteiger partial charge < -0.3 is 5.32 Å². The summed E-state index contributed by atoms with van der Waals surface area (Å²) in [4.78, 5) is 0. The Bertz CT molecular complexity index is 110. The molecule has 0 unspecified atom stereocenters. The predicted octanol–water partition coefficient (Wildman–Crippen LogP) is 0.886. The minimum atomic E-state index is 1.04. The molecule has 0 spiro atoms. The SMILES string of the molecule is CCCCN(CC)N1CCNC1. The van der Waals surface area contributed by atoms with Gasteiger partial charge in [-0.3, -0.25) is 0 Å². The summed E-state index contributed by atoms with van der Waals surface area (Å²) in [6.07, 6.45) is 2.60. The van der Waals surface area contributed by atoms with E-state index in [0.29, 0.717) is 0 Å². The van der Waals surface area contributed by atoms with Gasteiger partial charge in [-0.1, -0.05) is 20.3 Å². The summed E-state index contributed by atoms with van der Waals surface area (Å²) in [6.45, 7) is 10.2. The number of rotatable bonds is 5. The monoisotopic (exact) mass is 171 g/mol. The standard InChI is InChI=1S/C9H21N3/c1-3-5-7-11(4-2)12-8-6-10-9-12/h10H,3-9H2,1-2H3. The molecule has 1 heterocycles. The highest BCUT2D eigenvalue weighted by Gasteiger charge is 2.16. The molecule has 0 aromatic heterocycles. The van der Waals surface area contributed by atoms with Gasteiger partial charge in [-0.2, -0.15) is 0 Å². The Morgan fingerprint density at radius 3 is 2.75 bits per heavy atom. The highest BCUT2D eigenvalue weighted by molar-refractivity contribution is 4.64. The van der Waals surface area contributed by atoms with Crippen LogP contribution < -0.4 is 5.32 Å². The average Bonchev–Trinajstić information content (AvgIpc) is 2.59. The highest BCUT2D eigenvalue weighted by atomic mass is 15.7. The number of hydrogen-bond donors (Lipinski definition) is 1. The van der Waals surface area contributed by atoms with Crippen molar-refractivity contribution in [3.8, 4) is 0 Å². The lowest BCUT2D eigenvalue weighted by Crippen LogP contribution is -2.42. The van der Waals surface area contributed by atoms with Crippen molar-refractivity contribution in [2.45, 2.75) is 26.7 Å². The van der Waals surface area contributed by atoms with Crippen molar-refractivity contribution in [2.75, 3.05) is 32.8 Å². The van der Waals surface area contributed by atoms with Gasteiger partial charge in [0.2, 0.25) is 0 Å². The summed E-state index contributed by atoms with van der Waals surface area (Å²) in [5.41, 5.74) is 0. The Balaban J connectivity index is 2.22. The maximum Gasteiger partial charge on any atom is 0.0624 e. The van der Waals surface area contributed by atoms with Gasteiger partial charge in [0.1, 0.15) is 0 Å². The smallest absolute Gasteiger partial charge is 0.0624 e. The van der Waals surface area contributed by atoms with Crippen molar-refractivity contribution in [3.05, 3.63) is 0 Å². The molecule has 0 atom stereocenters. The number of nitrogens with one attached hydrogen (secondary N) is 1. The zero-order chi connectivity index (χ0) is 8.81. The van der Waals surface area contributed by atoms with Crippen LogP contribution >= 0.6 is 0 Å². The fourth-order valence-corrected chi connectivity index (χ4v) is 1.58. The zero-order valence-electron chi connectivity index (χ0n) is 8.34. The second-order valence-electron chi connectivity index (χ2n) is 3.29. The minimum absolute atomic E-state index is 1.04. The van der Waals surface area contributed by atoms with Gasteiger partial charge >= 0.3 is 0 Å². The molecule has 72 valence electrons. The lowest BCUT2D eigenvalue weighted by atomic mass is 10.3. The summed E-state index contributed by atoms with van der Waals surface area (Å²) >= 11 is 0. The van der Waals surface area contributed by atoms with E-state index >= 15 is 0 Å². The molecule has 0 aliphatic carbocycles. The van der Waals surface area contributed by atoms with Crippen LogP contribution in [0.4, 0.5) is 0 Å². The Labute approximate surface area is 75.7 Å². The second-order valence-corrected chi connectivity index (χ2v) is 3.29. The molecule has 1 N–H and O–H groups in total. The van der Waals surface area contributed by atoms with E-state index in [-0.39, 0.29) is 0 Å². The molecule has 1 fully saturated rings. The molecule has 3 heteroatoms. The van der Waals surface area contributed by atoms with Gasteiger partial charge in [0.25, 0.3) is 0 Å². The molecule has 0 radical (unpaired) electrons. The van der Waals surface area contributed by atoms with E-state index in [1.165, 1.54) is 25.9 Å².